The van der Waals surface area contributed by atoms with E-state index in [1.807, 2.05) is 17.1 Å². The van der Waals surface area contributed by atoms with Gasteiger partial charge < -0.3 is 14.7 Å². The Labute approximate surface area is 124 Å². The van der Waals surface area contributed by atoms with E-state index < -0.39 is 11.9 Å². The summed E-state index contributed by atoms with van der Waals surface area (Å²) in [7, 11) is 1.68. The highest BCUT2D eigenvalue weighted by molar-refractivity contribution is 5.87. The molecule has 2 aliphatic carbocycles. The summed E-state index contributed by atoms with van der Waals surface area (Å²) in [6.07, 6.45) is 5.79. The third-order valence-electron chi connectivity index (χ3n) is 5.53. The molecule has 3 aliphatic rings. The van der Waals surface area contributed by atoms with Crippen LogP contribution in [0.1, 0.15) is 19.8 Å². The number of hydrogen-bond donors (Lipinski definition) is 1. The number of methoxy groups -OCH3 is 1. The summed E-state index contributed by atoms with van der Waals surface area (Å²) in [6, 6.07) is 0. The number of fused-ring (bicyclic) bond motifs is 2. The van der Waals surface area contributed by atoms with Crippen molar-refractivity contribution in [3.8, 4) is 0 Å². The molecular weight excluding hydrogens is 270 g/mol. The molecule has 1 heterocycles. The summed E-state index contributed by atoms with van der Waals surface area (Å²) >= 11 is 0. The number of likely N-dealkylation sites (tertiary alicyclic amines) is 1. The first-order valence-electron chi connectivity index (χ1n) is 7.75. The summed E-state index contributed by atoms with van der Waals surface area (Å²) in [5.41, 5.74) is 0. The maximum Gasteiger partial charge on any atom is 0.307 e. The standard InChI is InChI=1S/C16H23NO4/c1-9-5-6-17(8-12(9)21-2)15(18)13-10-3-4-11(7-10)14(13)16(19)20/h3-4,9-14H,5-8H2,1-2H3,(H,19,20)/t9?,10?,11?,12?,13-,14+/m0/s1. The average molecular weight is 293 g/mol. The van der Waals surface area contributed by atoms with Gasteiger partial charge in [0.2, 0.25) is 5.91 Å². The Bertz CT molecular complexity index is 475. The van der Waals surface area contributed by atoms with Crippen molar-refractivity contribution in [1.82, 2.24) is 4.90 Å². The Morgan fingerprint density at radius 3 is 2.52 bits per heavy atom. The number of aliphatic carboxylic acids is 1. The molecule has 3 rings (SSSR count). The van der Waals surface area contributed by atoms with E-state index in [1.165, 1.54) is 0 Å². The van der Waals surface area contributed by atoms with Crippen molar-refractivity contribution < 1.29 is 19.4 Å². The molecule has 0 aromatic heterocycles. The SMILES string of the molecule is COC1CN(C(=O)[C@H]2C3C=CC(C3)[C@H]2C(=O)O)CCC1C. The predicted molar refractivity (Wildman–Crippen MR) is 76.5 cm³/mol. The van der Waals surface area contributed by atoms with E-state index in [-0.39, 0.29) is 29.8 Å². The van der Waals surface area contributed by atoms with Crippen LogP contribution in [0.15, 0.2) is 12.2 Å². The van der Waals surface area contributed by atoms with E-state index in [9.17, 15) is 14.7 Å². The number of ether oxygens (including phenoxy) is 1. The van der Waals surface area contributed by atoms with E-state index in [0.717, 1.165) is 12.8 Å². The van der Waals surface area contributed by atoms with Crippen LogP contribution >= 0.6 is 0 Å². The summed E-state index contributed by atoms with van der Waals surface area (Å²) in [5.74, 6) is -1.19. The first kappa shape index (κ1) is 14.6. The van der Waals surface area contributed by atoms with Gasteiger partial charge in [0.25, 0.3) is 0 Å². The molecule has 0 aromatic rings. The summed E-state index contributed by atoms with van der Waals surface area (Å²) < 4.78 is 5.46. The minimum Gasteiger partial charge on any atom is -0.481 e. The smallest absolute Gasteiger partial charge is 0.307 e. The van der Waals surface area contributed by atoms with Crippen molar-refractivity contribution in [3.05, 3.63) is 12.2 Å². The van der Waals surface area contributed by atoms with Crippen molar-refractivity contribution in [2.24, 2.45) is 29.6 Å². The van der Waals surface area contributed by atoms with Gasteiger partial charge in [-0.2, -0.15) is 0 Å². The van der Waals surface area contributed by atoms with Crippen LogP contribution in [0.25, 0.3) is 0 Å². The van der Waals surface area contributed by atoms with Gasteiger partial charge in [0, 0.05) is 20.2 Å². The van der Waals surface area contributed by atoms with Crippen molar-refractivity contribution in [2.75, 3.05) is 20.2 Å². The maximum absolute atomic E-state index is 12.8. The molecule has 116 valence electrons. The number of carbonyl (C=O) groups excluding carboxylic acids is 1. The van der Waals surface area contributed by atoms with Gasteiger partial charge in [-0.15, -0.1) is 0 Å². The van der Waals surface area contributed by atoms with Crippen LogP contribution in [-0.2, 0) is 14.3 Å². The normalized spacial score (nSPS) is 41.5. The lowest BCUT2D eigenvalue weighted by Crippen LogP contribution is -2.50. The first-order valence-corrected chi connectivity index (χ1v) is 7.75. The van der Waals surface area contributed by atoms with E-state index in [1.54, 1.807) is 7.11 Å². The van der Waals surface area contributed by atoms with Crippen LogP contribution in [-0.4, -0.2) is 48.2 Å². The van der Waals surface area contributed by atoms with Gasteiger partial charge >= 0.3 is 5.97 Å². The van der Waals surface area contributed by atoms with E-state index in [0.29, 0.717) is 19.0 Å². The number of carboxylic acid groups (broad SMARTS) is 1. The van der Waals surface area contributed by atoms with Crippen LogP contribution in [0.4, 0.5) is 0 Å². The largest absolute Gasteiger partial charge is 0.481 e. The van der Waals surface area contributed by atoms with Crippen molar-refractivity contribution in [2.45, 2.75) is 25.9 Å². The fourth-order valence-corrected chi connectivity index (χ4v) is 4.25. The average Bonchev–Trinajstić information content (AvgIpc) is 3.07. The lowest BCUT2D eigenvalue weighted by atomic mass is 9.81. The maximum atomic E-state index is 12.8. The highest BCUT2D eigenvalue weighted by Crippen LogP contribution is 2.49. The highest BCUT2D eigenvalue weighted by Gasteiger charge is 2.53. The second kappa shape index (κ2) is 5.44. The number of hydrogen-bond acceptors (Lipinski definition) is 3. The second-order valence-corrected chi connectivity index (χ2v) is 6.66. The summed E-state index contributed by atoms with van der Waals surface area (Å²) in [6.45, 7) is 3.43. The Hall–Kier alpha value is -1.36. The Balaban J connectivity index is 1.76. The van der Waals surface area contributed by atoms with Crippen molar-refractivity contribution >= 4 is 11.9 Å². The zero-order valence-corrected chi connectivity index (χ0v) is 12.6. The van der Waals surface area contributed by atoms with E-state index >= 15 is 0 Å². The van der Waals surface area contributed by atoms with Crippen LogP contribution in [0.5, 0.6) is 0 Å². The number of nitrogens with zero attached hydrogens (tertiary/aromatic N) is 1. The third-order valence-corrected chi connectivity index (χ3v) is 5.53. The Morgan fingerprint density at radius 2 is 1.90 bits per heavy atom. The van der Waals surface area contributed by atoms with Crippen LogP contribution in [0, 0.1) is 29.6 Å². The monoisotopic (exact) mass is 293 g/mol. The molecule has 1 saturated carbocycles. The number of amides is 1. The minimum atomic E-state index is -0.834. The van der Waals surface area contributed by atoms with Gasteiger partial charge in [-0.3, -0.25) is 9.59 Å². The zero-order valence-electron chi connectivity index (χ0n) is 12.6. The Kier molecular flexibility index (Phi) is 3.78. The van der Waals surface area contributed by atoms with Crippen LogP contribution in [0.2, 0.25) is 0 Å². The molecule has 1 saturated heterocycles. The van der Waals surface area contributed by atoms with Crippen molar-refractivity contribution in [1.29, 1.82) is 0 Å². The molecule has 1 N–H and O–H groups in total. The van der Waals surface area contributed by atoms with Gasteiger partial charge in [0.05, 0.1) is 17.9 Å². The third kappa shape index (κ3) is 2.37. The number of carbonyl (C=O) groups is 2. The quantitative estimate of drug-likeness (QED) is 0.799. The van der Waals surface area contributed by atoms with Gasteiger partial charge in [0.15, 0.2) is 0 Å². The van der Waals surface area contributed by atoms with Gasteiger partial charge in [-0.25, -0.2) is 0 Å². The second-order valence-electron chi connectivity index (χ2n) is 6.66. The molecule has 6 atom stereocenters. The lowest BCUT2D eigenvalue weighted by Gasteiger charge is -2.39. The molecule has 2 bridgehead atoms. The van der Waals surface area contributed by atoms with E-state index in [4.69, 9.17) is 4.74 Å². The molecular formula is C16H23NO4. The zero-order chi connectivity index (χ0) is 15.1. The Morgan fingerprint density at radius 1 is 1.24 bits per heavy atom. The van der Waals surface area contributed by atoms with E-state index in [2.05, 4.69) is 6.92 Å². The number of carboxylic acids is 1. The van der Waals surface area contributed by atoms with Gasteiger partial charge in [-0.05, 0) is 30.6 Å². The molecule has 1 amide bonds. The van der Waals surface area contributed by atoms with Crippen molar-refractivity contribution in [3.63, 3.8) is 0 Å². The van der Waals surface area contributed by atoms with Crippen LogP contribution in [0.3, 0.4) is 0 Å². The summed E-state index contributed by atoms with van der Waals surface area (Å²) in [5, 5.41) is 9.46. The first-order chi connectivity index (χ1) is 10.0. The predicted octanol–water partition coefficient (Wildman–Crippen LogP) is 1.39. The van der Waals surface area contributed by atoms with Crippen LogP contribution < -0.4 is 0 Å². The molecule has 5 heteroatoms. The van der Waals surface area contributed by atoms with Gasteiger partial charge in [-0.1, -0.05) is 19.1 Å². The molecule has 0 spiro atoms. The molecule has 0 radical (unpaired) electrons. The van der Waals surface area contributed by atoms with Gasteiger partial charge in [0.1, 0.15) is 0 Å². The fourth-order valence-electron chi connectivity index (χ4n) is 4.25. The topological polar surface area (TPSA) is 66.8 Å². The fraction of sp³-hybridized carbons (Fsp3) is 0.750. The number of piperidine rings is 1. The lowest BCUT2D eigenvalue weighted by molar-refractivity contribution is -0.153. The number of allylic oxidation sites excluding steroid dienone is 2. The molecule has 5 nitrogen and oxygen atoms in total. The molecule has 2 fully saturated rings. The summed E-state index contributed by atoms with van der Waals surface area (Å²) in [4.78, 5) is 26.2. The molecule has 0 aromatic carbocycles. The number of rotatable bonds is 3. The highest BCUT2D eigenvalue weighted by atomic mass is 16.5. The minimum absolute atomic E-state index is 0.00759. The molecule has 21 heavy (non-hydrogen) atoms. The molecule has 4 unspecified atom stereocenters. The molecule has 1 aliphatic heterocycles.